The Labute approximate surface area is 127 Å². The second kappa shape index (κ2) is 6.16. The molecule has 0 unspecified atom stereocenters. The van der Waals surface area contributed by atoms with Gasteiger partial charge in [-0.1, -0.05) is 35.3 Å². The summed E-state index contributed by atoms with van der Waals surface area (Å²) in [6.45, 7) is 2.38. The second-order valence-corrected chi connectivity index (χ2v) is 5.19. The molecule has 0 aliphatic carbocycles. The van der Waals surface area contributed by atoms with E-state index < -0.39 is 5.97 Å². The number of carbonyl (C=O) groups is 1. The van der Waals surface area contributed by atoms with Crippen molar-refractivity contribution in [2.75, 3.05) is 5.32 Å². The number of anilines is 1. The van der Waals surface area contributed by atoms with Crippen molar-refractivity contribution in [3.05, 3.63) is 63.1 Å². The van der Waals surface area contributed by atoms with Gasteiger partial charge >= 0.3 is 5.97 Å². The Morgan fingerprint density at radius 2 is 2.00 bits per heavy atom. The molecule has 0 aliphatic heterocycles. The van der Waals surface area contributed by atoms with Crippen LogP contribution in [0.1, 0.15) is 21.5 Å². The Bertz CT molecular complexity index is 656. The maximum Gasteiger partial charge on any atom is 0.335 e. The molecule has 2 rings (SSSR count). The molecule has 0 saturated carbocycles. The molecule has 104 valence electrons. The molecule has 0 fully saturated rings. The van der Waals surface area contributed by atoms with Gasteiger partial charge in [-0.25, -0.2) is 4.79 Å². The summed E-state index contributed by atoms with van der Waals surface area (Å²) in [5.74, 6) is -0.933. The number of hydrogen-bond donors (Lipinski definition) is 2. The van der Waals surface area contributed by atoms with E-state index in [-0.39, 0.29) is 5.56 Å². The van der Waals surface area contributed by atoms with Gasteiger partial charge < -0.3 is 10.4 Å². The first-order chi connectivity index (χ1) is 9.49. The number of rotatable bonds is 4. The third-order valence-corrected chi connectivity index (χ3v) is 3.83. The molecule has 20 heavy (non-hydrogen) atoms. The van der Waals surface area contributed by atoms with Crippen LogP contribution in [0.5, 0.6) is 0 Å². The summed E-state index contributed by atoms with van der Waals surface area (Å²) in [6, 6.07) is 10.4. The highest BCUT2D eigenvalue weighted by Crippen LogP contribution is 2.26. The Morgan fingerprint density at radius 3 is 2.65 bits per heavy atom. The lowest BCUT2D eigenvalue weighted by atomic mass is 10.1. The molecule has 0 aromatic heterocycles. The Hall–Kier alpha value is -1.71. The minimum absolute atomic E-state index is 0.272. The summed E-state index contributed by atoms with van der Waals surface area (Å²) in [5, 5.41) is 13.2. The summed E-state index contributed by atoms with van der Waals surface area (Å²) in [5.41, 5.74) is 2.89. The van der Waals surface area contributed by atoms with Crippen LogP contribution in [0.2, 0.25) is 10.0 Å². The van der Waals surface area contributed by atoms with E-state index in [2.05, 4.69) is 5.32 Å². The number of halogens is 2. The lowest BCUT2D eigenvalue weighted by molar-refractivity contribution is 0.0697. The van der Waals surface area contributed by atoms with E-state index in [1.165, 1.54) is 0 Å². The quantitative estimate of drug-likeness (QED) is 0.867. The van der Waals surface area contributed by atoms with Crippen molar-refractivity contribution in [1.29, 1.82) is 0 Å². The van der Waals surface area contributed by atoms with Crippen LogP contribution < -0.4 is 5.32 Å². The van der Waals surface area contributed by atoms with Gasteiger partial charge in [-0.3, -0.25) is 0 Å². The molecule has 0 radical (unpaired) electrons. The van der Waals surface area contributed by atoms with Crippen LogP contribution >= 0.6 is 23.2 Å². The number of nitrogens with one attached hydrogen (secondary N) is 1. The van der Waals surface area contributed by atoms with Crippen LogP contribution in [-0.4, -0.2) is 11.1 Å². The van der Waals surface area contributed by atoms with Crippen molar-refractivity contribution in [1.82, 2.24) is 0 Å². The summed E-state index contributed by atoms with van der Waals surface area (Å²) < 4.78 is 0. The lowest BCUT2D eigenvalue weighted by Crippen LogP contribution is -2.03. The molecule has 3 nitrogen and oxygen atoms in total. The van der Waals surface area contributed by atoms with Gasteiger partial charge in [0.15, 0.2) is 0 Å². The molecule has 2 aromatic rings. The second-order valence-electron chi connectivity index (χ2n) is 4.40. The van der Waals surface area contributed by atoms with Crippen LogP contribution in [0.25, 0.3) is 0 Å². The smallest absolute Gasteiger partial charge is 0.335 e. The number of carboxylic acids is 1. The zero-order valence-electron chi connectivity index (χ0n) is 10.8. The van der Waals surface area contributed by atoms with Crippen LogP contribution in [0.4, 0.5) is 5.69 Å². The fourth-order valence-corrected chi connectivity index (χ4v) is 2.26. The van der Waals surface area contributed by atoms with Crippen molar-refractivity contribution in [3.63, 3.8) is 0 Å². The number of benzene rings is 2. The number of hydrogen-bond acceptors (Lipinski definition) is 2. The minimum Gasteiger partial charge on any atom is -0.478 e. The highest BCUT2D eigenvalue weighted by Gasteiger charge is 2.07. The van der Waals surface area contributed by atoms with Crippen LogP contribution in [-0.2, 0) is 6.54 Å². The maximum absolute atomic E-state index is 10.9. The van der Waals surface area contributed by atoms with Gasteiger partial charge in [0.05, 0.1) is 15.6 Å². The predicted molar refractivity (Wildman–Crippen MR) is 81.9 cm³/mol. The van der Waals surface area contributed by atoms with E-state index >= 15 is 0 Å². The first kappa shape index (κ1) is 14.7. The number of aryl methyl sites for hydroxylation is 1. The van der Waals surface area contributed by atoms with Gasteiger partial charge in [-0.15, -0.1) is 0 Å². The molecule has 2 aromatic carbocycles. The van der Waals surface area contributed by atoms with E-state index in [0.29, 0.717) is 16.6 Å². The third kappa shape index (κ3) is 3.24. The highest BCUT2D eigenvalue weighted by atomic mass is 35.5. The highest BCUT2D eigenvalue weighted by molar-refractivity contribution is 6.42. The Morgan fingerprint density at radius 1 is 1.25 bits per heavy atom. The third-order valence-electron chi connectivity index (χ3n) is 2.97. The van der Waals surface area contributed by atoms with E-state index in [4.69, 9.17) is 28.3 Å². The molecule has 5 heteroatoms. The molecular weight excluding hydrogens is 297 g/mol. The summed E-state index contributed by atoms with van der Waals surface area (Å²) in [7, 11) is 0. The Balaban J connectivity index is 2.15. The van der Waals surface area contributed by atoms with E-state index in [1.54, 1.807) is 24.3 Å². The van der Waals surface area contributed by atoms with Crippen molar-refractivity contribution >= 4 is 34.9 Å². The van der Waals surface area contributed by atoms with Gasteiger partial charge in [-0.2, -0.15) is 0 Å². The molecule has 0 spiro atoms. The van der Waals surface area contributed by atoms with Crippen molar-refractivity contribution < 1.29 is 9.90 Å². The molecule has 0 aliphatic rings. The SMILES string of the molecule is Cc1cc(C(=O)O)ccc1NCc1cccc(Cl)c1Cl. The number of carboxylic acid groups (broad SMARTS) is 1. The fraction of sp³-hybridized carbons (Fsp3) is 0.133. The monoisotopic (exact) mass is 309 g/mol. The molecule has 0 amide bonds. The lowest BCUT2D eigenvalue weighted by Gasteiger charge is -2.11. The standard InChI is InChI=1S/C15H13Cl2NO2/c1-9-7-10(15(19)20)5-6-13(9)18-8-11-3-2-4-12(16)14(11)17/h2-7,18H,8H2,1H3,(H,19,20). The van der Waals surface area contributed by atoms with Gasteiger partial charge in [0, 0.05) is 12.2 Å². The van der Waals surface area contributed by atoms with Gasteiger partial charge in [0.2, 0.25) is 0 Å². The molecular formula is C15H13Cl2NO2. The van der Waals surface area contributed by atoms with E-state index in [0.717, 1.165) is 16.8 Å². The first-order valence-electron chi connectivity index (χ1n) is 5.99. The maximum atomic E-state index is 10.9. The molecule has 0 saturated heterocycles. The largest absolute Gasteiger partial charge is 0.478 e. The topological polar surface area (TPSA) is 49.3 Å². The fourth-order valence-electron chi connectivity index (χ4n) is 1.87. The molecule has 0 bridgehead atoms. The van der Waals surface area contributed by atoms with E-state index in [9.17, 15) is 4.79 Å². The van der Waals surface area contributed by atoms with Crippen molar-refractivity contribution in [2.45, 2.75) is 13.5 Å². The van der Waals surface area contributed by atoms with Crippen LogP contribution in [0.3, 0.4) is 0 Å². The first-order valence-corrected chi connectivity index (χ1v) is 6.75. The van der Waals surface area contributed by atoms with Gasteiger partial charge in [0.25, 0.3) is 0 Å². The van der Waals surface area contributed by atoms with Crippen LogP contribution in [0, 0.1) is 6.92 Å². The normalized spacial score (nSPS) is 10.3. The Kier molecular flexibility index (Phi) is 4.53. The van der Waals surface area contributed by atoms with Crippen LogP contribution in [0.15, 0.2) is 36.4 Å². The summed E-state index contributed by atoms with van der Waals surface area (Å²) >= 11 is 12.1. The number of aromatic carboxylic acids is 1. The zero-order chi connectivity index (χ0) is 14.7. The minimum atomic E-state index is -0.933. The van der Waals surface area contributed by atoms with Gasteiger partial charge in [-0.05, 0) is 42.3 Å². The summed E-state index contributed by atoms with van der Waals surface area (Å²) in [6.07, 6.45) is 0. The predicted octanol–water partition coefficient (Wildman–Crippen LogP) is 4.61. The van der Waals surface area contributed by atoms with Gasteiger partial charge in [0.1, 0.15) is 0 Å². The zero-order valence-corrected chi connectivity index (χ0v) is 12.3. The molecule has 0 heterocycles. The average molecular weight is 310 g/mol. The average Bonchev–Trinajstić information content (AvgIpc) is 2.41. The van der Waals surface area contributed by atoms with Crippen molar-refractivity contribution in [3.8, 4) is 0 Å². The molecule has 2 N–H and O–H groups in total. The van der Waals surface area contributed by atoms with E-state index in [1.807, 2.05) is 19.1 Å². The summed E-state index contributed by atoms with van der Waals surface area (Å²) in [4.78, 5) is 10.9. The molecule has 0 atom stereocenters. The van der Waals surface area contributed by atoms with Crippen molar-refractivity contribution in [2.24, 2.45) is 0 Å².